The molecule has 0 saturated heterocycles. The fraction of sp³-hybridized carbons (Fsp3) is 0.214. The Balaban J connectivity index is 1.54. The first-order valence-corrected chi connectivity index (χ1v) is 13.0. The molecule has 41 heavy (non-hydrogen) atoms. The summed E-state index contributed by atoms with van der Waals surface area (Å²) in [6.45, 7) is -0.202. The van der Waals surface area contributed by atoms with Gasteiger partial charge in [0.15, 0.2) is 0 Å². The summed E-state index contributed by atoms with van der Waals surface area (Å²) in [5.41, 5.74) is 0.126. The van der Waals surface area contributed by atoms with Crippen LogP contribution in [0.5, 0.6) is 5.75 Å². The quantitative estimate of drug-likeness (QED) is 0.277. The van der Waals surface area contributed by atoms with Crippen molar-refractivity contribution < 1.29 is 37.0 Å². The first kappa shape index (κ1) is 28.2. The van der Waals surface area contributed by atoms with Crippen LogP contribution in [0.3, 0.4) is 0 Å². The molecule has 0 saturated carbocycles. The van der Waals surface area contributed by atoms with Gasteiger partial charge in [-0.25, -0.2) is 14.4 Å². The standard InChI is InChI=1S/C28H22F4N4O4S/c1-26(25(33)38)14-40-22-18(26)11-20(36-21(22)15-7-9-17(29)10-8-15)27(39,28(30,31)32)13-35-23(37)19-12-34-24(41-19)16-5-3-2-4-6-16/h2-12,39H,13-14H2,1H3,(H2,33,38)(H,35,37)/t26-,27-/m0/s1. The highest BCUT2D eigenvalue weighted by molar-refractivity contribution is 7.16. The van der Waals surface area contributed by atoms with Crippen LogP contribution in [0.1, 0.15) is 27.9 Å². The Kier molecular flexibility index (Phi) is 7.03. The third kappa shape index (κ3) is 5.02. The van der Waals surface area contributed by atoms with E-state index in [2.05, 4.69) is 15.3 Å². The summed E-state index contributed by atoms with van der Waals surface area (Å²) >= 11 is 0.968. The van der Waals surface area contributed by atoms with Gasteiger partial charge in [-0.15, -0.1) is 11.3 Å². The van der Waals surface area contributed by atoms with Crippen molar-refractivity contribution in [1.82, 2.24) is 15.3 Å². The number of nitrogens with one attached hydrogen (secondary N) is 1. The van der Waals surface area contributed by atoms with Crippen LogP contribution in [0.25, 0.3) is 21.8 Å². The van der Waals surface area contributed by atoms with Gasteiger partial charge in [-0.3, -0.25) is 9.59 Å². The van der Waals surface area contributed by atoms with E-state index in [0.29, 0.717) is 5.01 Å². The fourth-order valence-electron chi connectivity index (χ4n) is 4.33. The number of thiazole rings is 1. The third-order valence-electron chi connectivity index (χ3n) is 6.88. The highest BCUT2D eigenvalue weighted by Gasteiger charge is 2.57. The van der Waals surface area contributed by atoms with Crippen LogP contribution in [-0.2, 0) is 15.8 Å². The first-order valence-electron chi connectivity index (χ1n) is 12.2. The predicted molar refractivity (Wildman–Crippen MR) is 142 cm³/mol. The number of fused-ring (bicyclic) bond motifs is 1. The van der Waals surface area contributed by atoms with Crippen molar-refractivity contribution in [2.45, 2.75) is 24.1 Å². The van der Waals surface area contributed by atoms with Gasteiger partial charge in [0.1, 0.15) is 39.2 Å². The molecular weight excluding hydrogens is 564 g/mol. The number of ether oxygens (including phenoxy) is 1. The zero-order valence-electron chi connectivity index (χ0n) is 21.3. The molecule has 1 aliphatic rings. The molecule has 13 heteroatoms. The zero-order valence-corrected chi connectivity index (χ0v) is 22.1. The number of halogens is 4. The largest absolute Gasteiger partial charge is 0.489 e. The lowest BCUT2D eigenvalue weighted by Gasteiger charge is -2.31. The number of hydrogen-bond donors (Lipinski definition) is 3. The number of primary amides is 1. The second kappa shape index (κ2) is 10.2. The molecule has 3 heterocycles. The molecule has 0 radical (unpaired) electrons. The summed E-state index contributed by atoms with van der Waals surface area (Å²) in [6.07, 6.45) is -4.10. The molecule has 212 valence electrons. The van der Waals surface area contributed by atoms with Crippen molar-refractivity contribution in [3.63, 3.8) is 0 Å². The zero-order chi connectivity index (χ0) is 29.6. The Labute approximate surface area is 234 Å². The molecule has 0 fully saturated rings. The van der Waals surface area contributed by atoms with Crippen molar-refractivity contribution >= 4 is 23.2 Å². The number of hydrogen-bond acceptors (Lipinski definition) is 7. The van der Waals surface area contributed by atoms with Crippen LogP contribution in [-0.4, -0.2) is 46.2 Å². The van der Waals surface area contributed by atoms with Crippen LogP contribution in [0.15, 0.2) is 66.9 Å². The highest BCUT2D eigenvalue weighted by atomic mass is 32.1. The van der Waals surface area contributed by atoms with Gasteiger partial charge in [0, 0.05) is 16.7 Å². The molecule has 0 bridgehead atoms. The molecule has 1 aliphatic heterocycles. The number of alkyl halides is 3. The van der Waals surface area contributed by atoms with E-state index in [-0.39, 0.29) is 34.1 Å². The van der Waals surface area contributed by atoms with Gasteiger partial charge >= 0.3 is 6.18 Å². The Morgan fingerprint density at radius 3 is 2.44 bits per heavy atom. The second-order valence-electron chi connectivity index (χ2n) is 9.66. The number of nitrogens with two attached hydrogens (primary N) is 1. The summed E-state index contributed by atoms with van der Waals surface area (Å²) < 4.78 is 62.8. The monoisotopic (exact) mass is 586 g/mol. The maximum absolute atomic E-state index is 14.5. The van der Waals surface area contributed by atoms with E-state index in [4.69, 9.17) is 10.5 Å². The van der Waals surface area contributed by atoms with Gasteiger partial charge < -0.3 is 20.9 Å². The number of nitrogens with zero attached hydrogens (tertiary/aromatic N) is 2. The second-order valence-corrected chi connectivity index (χ2v) is 10.7. The Bertz CT molecular complexity index is 1630. The molecule has 2 aromatic heterocycles. The summed E-state index contributed by atoms with van der Waals surface area (Å²) in [6, 6.07) is 14.5. The SMILES string of the molecule is C[C@]1(C(N)=O)COc2c1cc([C@@](O)(CNC(=O)c1cnc(-c3ccccc3)s1)C(F)(F)F)nc2-c1ccc(F)cc1. The Morgan fingerprint density at radius 1 is 1.12 bits per heavy atom. The van der Waals surface area contributed by atoms with Gasteiger partial charge in [-0.1, -0.05) is 30.3 Å². The molecule has 0 aliphatic carbocycles. The number of rotatable bonds is 7. The molecule has 0 unspecified atom stereocenters. The minimum absolute atomic E-state index is 0.0201. The van der Waals surface area contributed by atoms with Gasteiger partial charge in [0.2, 0.25) is 11.5 Å². The fourth-order valence-corrected chi connectivity index (χ4v) is 5.17. The van der Waals surface area contributed by atoms with Crippen LogP contribution in [0.4, 0.5) is 17.6 Å². The summed E-state index contributed by atoms with van der Waals surface area (Å²) in [4.78, 5) is 33.4. The Hall–Kier alpha value is -4.36. The first-order chi connectivity index (χ1) is 19.3. The molecule has 2 aromatic carbocycles. The number of amides is 2. The molecule has 2 amide bonds. The average molecular weight is 587 g/mol. The van der Waals surface area contributed by atoms with Crippen molar-refractivity contribution in [3.8, 4) is 27.6 Å². The van der Waals surface area contributed by atoms with Crippen molar-refractivity contribution in [2.75, 3.05) is 13.2 Å². The lowest BCUT2D eigenvalue weighted by atomic mass is 9.81. The minimum atomic E-state index is -5.33. The summed E-state index contributed by atoms with van der Waals surface area (Å²) in [5, 5.41) is 13.7. The molecule has 8 nitrogen and oxygen atoms in total. The van der Waals surface area contributed by atoms with Crippen molar-refractivity contribution in [3.05, 3.63) is 88.8 Å². The maximum atomic E-state index is 14.5. The van der Waals surface area contributed by atoms with Gasteiger partial charge in [-0.2, -0.15) is 13.2 Å². The van der Waals surface area contributed by atoms with E-state index in [1.165, 1.54) is 25.3 Å². The predicted octanol–water partition coefficient (Wildman–Crippen LogP) is 4.33. The van der Waals surface area contributed by atoms with Gasteiger partial charge in [-0.05, 0) is 37.3 Å². The Morgan fingerprint density at radius 2 is 1.80 bits per heavy atom. The van der Waals surface area contributed by atoms with E-state index >= 15 is 0 Å². The molecule has 5 rings (SSSR count). The van der Waals surface area contributed by atoms with E-state index in [0.717, 1.165) is 35.1 Å². The molecule has 4 aromatic rings. The summed E-state index contributed by atoms with van der Waals surface area (Å²) in [5.74, 6) is -2.38. The number of carbonyl (C=O) groups is 2. The number of benzene rings is 2. The summed E-state index contributed by atoms with van der Waals surface area (Å²) in [7, 11) is 0. The topological polar surface area (TPSA) is 127 Å². The van der Waals surface area contributed by atoms with E-state index in [1.807, 2.05) is 0 Å². The van der Waals surface area contributed by atoms with E-state index in [9.17, 15) is 32.3 Å². The maximum Gasteiger partial charge on any atom is 0.424 e. The number of aliphatic hydroxyl groups is 1. The van der Waals surface area contributed by atoms with Crippen molar-refractivity contribution in [2.24, 2.45) is 5.73 Å². The number of carbonyl (C=O) groups excluding carboxylic acids is 2. The van der Waals surface area contributed by atoms with E-state index < -0.39 is 47.1 Å². The lowest BCUT2D eigenvalue weighted by Crippen LogP contribution is -2.51. The van der Waals surface area contributed by atoms with Gasteiger partial charge in [0.05, 0.1) is 18.4 Å². The molecule has 4 N–H and O–H groups in total. The molecule has 2 atom stereocenters. The van der Waals surface area contributed by atoms with Crippen LogP contribution in [0.2, 0.25) is 0 Å². The van der Waals surface area contributed by atoms with Gasteiger partial charge in [0.25, 0.3) is 5.91 Å². The number of aromatic nitrogens is 2. The lowest BCUT2D eigenvalue weighted by molar-refractivity contribution is -0.265. The number of pyridine rings is 1. The smallest absolute Gasteiger partial charge is 0.424 e. The van der Waals surface area contributed by atoms with Crippen molar-refractivity contribution in [1.29, 1.82) is 0 Å². The molecule has 0 spiro atoms. The third-order valence-corrected chi connectivity index (χ3v) is 7.93. The van der Waals surface area contributed by atoms with Crippen LogP contribution < -0.4 is 15.8 Å². The average Bonchev–Trinajstić information content (AvgIpc) is 3.58. The highest BCUT2D eigenvalue weighted by Crippen LogP contribution is 2.47. The van der Waals surface area contributed by atoms with E-state index in [1.54, 1.807) is 30.3 Å². The molecular formula is C28H22F4N4O4S. The van der Waals surface area contributed by atoms with Crippen LogP contribution in [0, 0.1) is 5.82 Å². The van der Waals surface area contributed by atoms with Crippen LogP contribution >= 0.6 is 11.3 Å². The minimum Gasteiger partial charge on any atom is -0.489 e. The normalized spacial score (nSPS) is 17.8.